The number of benzene rings is 1. The molecule has 0 radical (unpaired) electrons. The van der Waals surface area contributed by atoms with Gasteiger partial charge in [-0.2, -0.15) is 0 Å². The van der Waals surface area contributed by atoms with Crippen LogP contribution in [0, 0.1) is 0 Å². The Balaban J connectivity index is 1.83. The number of carbonyl (C=O) groups is 4. The summed E-state index contributed by atoms with van der Waals surface area (Å²) in [6.07, 6.45) is 0.657. The minimum Gasteiger partial charge on any atom is -0.460 e. The Morgan fingerprint density at radius 1 is 0.977 bits per heavy atom. The van der Waals surface area contributed by atoms with E-state index in [0.29, 0.717) is 49.3 Å². The monoisotopic (exact) mass is 610 g/mol. The van der Waals surface area contributed by atoms with Gasteiger partial charge in [0.1, 0.15) is 11.6 Å². The van der Waals surface area contributed by atoms with Gasteiger partial charge < -0.3 is 29.7 Å². The maximum Gasteiger partial charge on any atom is 0.409 e. The summed E-state index contributed by atoms with van der Waals surface area (Å²) in [4.78, 5) is 60.0. The number of aliphatic hydroxyl groups excluding tert-OH is 1. The van der Waals surface area contributed by atoms with Crippen molar-refractivity contribution in [2.45, 2.75) is 84.5 Å². The lowest BCUT2D eigenvalue weighted by atomic mass is 10.0. The summed E-state index contributed by atoms with van der Waals surface area (Å²) in [7, 11) is 0. The third-order valence-electron chi connectivity index (χ3n) is 7.19. The summed E-state index contributed by atoms with van der Waals surface area (Å²) in [6, 6.07) is 11.8. The molecule has 0 aliphatic carbocycles. The first-order valence-corrected chi connectivity index (χ1v) is 15.4. The summed E-state index contributed by atoms with van der Waals surface area (Å²) < 4.78 is 10.5. The van der Waals surface area contributed by atoms with E-state index in [-0.39, 0.29) is 38.4 Å². The van der Waals surface area contributed by atoms with Crippen LogP contribution in [0.25, 0.3) is 11.3 Å². The van der Waals surface area contributed by atoms with Crippen molar-refractivity contribution in [1.29, 1.82) is 0 Å². The van der Waals surface area contributed by atoms with E-state index < -0.39 is 35.7 Å². The molecule has 1 unspecified atom stereocenters. The summed E-state index contributed by atoms with van der Waals surface area (Å²) >= 11 is 0. The number of piperazine rings is 1. The van der Waals surface area contributed by atoms with Gasteiger partial charge in [-0.3, -0.25) is 19.4 Å². The normalized spacial score (nSPS) is 14.9. The number of pyridine rings is 1. The Morgan fingerprint density at radius 3 is 2.25 bits per heavy atom. The van der Waals surface area contributed by atoms with Crippen LogP contribution in [-0.4, -0.2) is 94.3 Å². The third kappa shape index (κ3) is 10.6. The molecule has 11 heteroatoms. The number of ether oxygens (including phenoxy) is 2. The number of rotatable bonds is 12. The largest absolute Gasteiger partial charge is 0.460 e. The van der Waals surface area contributed by atoms with Crippen LogP contribution in [0.2, 0.25) is 0 Å². The molecule has 1 aliphatic rings. The zero-order valence-electron chi connectivity index (χ0n) is 26.5. The molecule has 1 aromatic carbocycles. The highest BCUT2D eigenvalue weighted by molar-refractivity contribution is 5.98. The predicted molar refractivity (Wildman–Crippen MR) is 166 cm³/mol. The second-order valence-corrected chi connectivity index (χ2v) is 11.9. The minimum atomic E-state index is -0.997. The number of aryl methyl sites for hydroxylation is 1. The van der Waals surface area contributed by atoms with E-state index in [4.69, 9.17) is 14.5 Å². The van der Waals surface area contributed by atoms with Gasteiger partial charge in [-0.25, -0.2) is 4.79 Å². The molecule has 3 amide bonds. The van der Waals surface area contributed by atoms with Gasteiger partial charge in [0.25, 0.3) is 5.91 Å². The van der Waals surface area contributed by atoms with Gasteiger partial charge >= 0.3 is 12.1 Å². The van der Waals surface area contributed by atoms with Gasteiger partial charge in [-0.1, -0.05) is 37.3 Å². The van der Waals surface area contributed by atoms with E-state index in [9.17, 15) is 24.3 Å². The zero-order valence-corrected chi connectivity index (χ0v) is 26.5. The van der Waals surface area contributed by atoms with Crippen LogP contribution in [0.15, 0.2) is 42.5 Å². The van der Waals surface area contributed by atoms with Crippen LogP contribution in [0.1, 0.15) is 76.4 Å². The predicted octanol–water partition coefficient (Wildman–Crippen LogP) is 3.97. The maximum absolute atomic E-state index is 13.7. The van der Waals surface area contributed by atoms with Crippen molar-refractivity contribution in [1.82, 2.24) is 20.1 Å². The van der Waals surface area contributed by atoms with Gasteiger partial charge in [-0.15, -0.1) is 0 Å². The van der Waals surface area contributed by atoms with Gasteiger partial charge in [0.2, 0.25) is 5.91 Å². The van der Waals surface area contributed by atoms with Crippen molar-refractivity contribution >= 4 is 23.9 Å². The van der Waals surface area contributed by atoms with Crippen molar-refractivity contribution in [2.75, 3.05) is 32.8 Å². The molecule has 2 atom stereocenters. The fourth-order valence-electron chi connectivity index (χ4n) is 4.82. The Morgan fingerprint density at radius 2 is 1.64 bits per heavy atom. The molecular formula is C33H46N4O7. The molecule has 0 bridgehead atoms. The van der Waals surface area contributed by atoms with Crippen molar-refractivity contribution in [3.8, 4) is 11.3 Å². The Labute approximate surface area is 259 Å². The third-order valence-corrected chi connectivity index (χ3v) is 7.19. The zero-order chi connectivity index (χ0) is 32.3. The summed E-state index contributed by atoms with van der Waals surface area (Å²) in [6.45, 7) is 10.3. The number of nitrogens with one attached hydrogen (secondary N) is 1. The van der Waals surface area contributed by atoms with Crippen LogP contribution in [0.3, 0.4) is 0 Å². The molecule has 3 rings (SSSR count). The molecular weight excluding hydrogens is 564 g/mol. The number of esters is 1. The van der Waals surface area contributed by atoms with Crippen molar-refractivity contribution < 1.29 is 33.8 Å². The van der Waals surface area contributed by atoms with Gasteiger partial charge in [0, 0.05) is 49.4 Å². The molecule has 2 N–H and O–H groups in total. The minimum absolute atomic E-state index is 0.0454. The van der Waals surface area contributed by atoms with Gasteiger partial charge in [0.15, 0.2) is 0 Å². The van der Waals surface area contributed by atoms with Crippen LogP contribution >= 0.6 is 0 Å². The smallest absolute Gasteiger partial charge is 0.409 e. The van der Waals surface area contributed by atoms with Gasteiger partial charge in [0.05, 0.1) is 18.4 Å². The number of hydrogen-bond acceptors (Lipinski definition) is 8. The average molecular weight is 611 g/mol. The van der Waals surface area contributed by atoms with Crippen LogP contribution in [0.4, 0.5) is 4.79 Å². The van der Waals surface area contributed by atoms with E-state index in [1.54, 1.807) is 49.6 Å². The fraction of sp³-hybridized carbons (Fsp3) is 0.545. The van der Waals surface area contributed by atoms with E-state index in [1.165, 1.54) is 0 Å². The first-order chi connectivity index (χ1) is 20.9. The second kappa shape index (κ2) is 16.2. The number of hydrogen-bond donors (Lipinski definition) is 2. The van der Waals surface area contributed by atoms with E-state index >= 15 is 0 Å². The molecule has 1 fully saturated rings. The molecule has 2 aromatic rings. The first kappa shape index (κ1) is 34.5. The van der Waals surface area contributed by atoms with Crippen LogP contribution < -0.4 is 5.32 Å². The van der Waals surface area contributed by atoms with E-state index in [1.807, 2.05) is 37.3 Å². The molecule has 1 saturated heterocycles. The number of aromatic nitrogens is 1. The van der Waals surface area contributed by atoms with Crippen molar-refractivity contribution in [2.24, 2.45) is 0 Å². The molecule has 0 saturated carbocycles. The quantitative estimate of drug-likeness (QED) is 0.344. The summed E-state index contributed by atoms with van der Waals surface area (Å²) in [5.74, 6) is -1.28. The van der Waals surface area contributed by atoms with Crippen molar-refractivity contribution in [3.63, 3.8) is 0 Å². The summed E-state index contributed by atoms with van der Waals surface area (Å²) in [5, 5.41) is 13.0. The lowest BCUT2D eigenvalue weighted by molar-refractivity contribution is -0.155. The van der Waals surface area contributed by atoms with Crippen LogP contribution in [-0.2, 0) is 25.5 Å². The number of carbonyl (C=O) groups excluding carboxylic acids is 4. The number of amides is 3. The van der Waals surface area contributed by atoms with Crippen LogP contribution in [0.5, 0.6) is 0 Å². The topological polar surface area (TPSA) is 138 Å². The average Bonchev–Trinajstić information content (AvgIpc) is 3.01. The van der Waals surface area contributed by atoms with E-state index in [2.05, 4.69) is 5.32 Å². The molecule has 240 valence electrons. The van der Waals surface area contributed by atoms with Crippen molar-refractivity contribution in [3.05, 3.63) is 53.7 Å². The SMILES string of the molecule is CCOC(=O)N1CCN(C(=O)C(CCC(=O)OC(C)(C)C)NC(=O)c2cc(CC[C@@H](O)CC)nc(-c3ccccc3)c2)CC1. The molecule has 44 heavy (non-hydrogen) atoms. The second-order valence-electron chi connectivity index (χ2n) is 11.9. The lowest BCUT2D eigenvalue weighted by Gasteiger charge is -2.36. The molecule has 0 spiro atoms. The maximum atomic E-state index is 13.7. The lowest BCUT2D eigenvalue weighted by Crippen LogP contribution is -2.56. The molecule has 1 aliphatic heterocycles. The highest BCUT2D eigenvalue weighted by atomic mass is 16.6. The van der Waals surface area contributed by atoms with E-state index in [0.717, 1.165) is 5.56 Å². The highest BCUT2D eigenvalue weighted by Crippen LogP contribution is 2.21. The Bertz CT molecular complexity index is 1270. The number of aliphatic hydroxyl groups is 1. The fourth-order valence-corrected chi connectivity index (χ4v) is 4.82. The first-order valence-electron chi connectivity index (χ1n) is 15.4. The standard InChI is InChI=1S/C33H46N4O7/c1-6-26(38)14-13-25-21-24(22-28(34-25)23-11-9-8-10-12-23)30(40)35-27(15-16-29(39)44-33(3,4)5)31(41)36-17-19-37(20-18-36)32(42)43-7-2/h8-12,21-22,26-27,38H,6-7,13-20H2,1-5H3,(H,35,40)/t26-,27?/m0/s1. The molecule has 2 heterocycles. The summed E-state index contributed by atoms with van der Waals surface area (Å²) in [5.41, 5.74) is 1.72. The molecule has 11 nitrogen and oxygen atoms in total. The highest BCUT2D eigenvalue weighted by Gasteiger charge is 2.31. The Kier molecular flexibility index (Phi) is 12.7. The van der Waals surface area contributed by atoms with Gasteiger partial charge in [-0.05, 0) is 65.5 Å². The number of nitrogens with zero attached hydrogens (tertiary/aromatic N) is 3. The Hall–Kier alpha value is -3.99. The molecule has 1 aromatic heterocycles.